The molecular formula is C8H12ClN3O2. The second-order valence-electron chi connectivity index (χ2n) is 2.43. The smallest absolute Gasteiger partial charge is 0.237 e. The van der Waals surface area contributed by atoms with Crippen LogP contribution in [0, 0.1) is 0 Å². The zero-order valence-corrected chi connectivity index (χ0v) is 8.62. The van der Waals surface area contributed by atoms with E-state index in [0.717, 1.165) is 0 Å². The maximum absolute atomic E-state index is 5.76. The van der Waals surface area contributed by atoms with Crippen LogP contribution in [0.4, 0.5) is 5.95 Å². The third-order valence-corrected chi connectivity index (χ3v) is 1.66. The second kappa shape index (κ2) is 5.62. The van der Waals surface area contributed by atoms with Gasteiger partial charge in [-0.2, -0.15) is 4.98 Å². The summed E-state index contributed by atoms with van der Waals surface area (Å²) in [5, 5.41) is 0.343. The summed E-state index contributed by atoms with van der Waals surface area (Å²) in [6.07, 6.45) is 1.40. The molecule has 0 unspecified atom stereocenters. The first kappa shape index (κ1) is 11.0. The SMILES string of the molecule is CCOCCOc1nc(N)ncc1Cl. The number of ether oxygens (including phenoxy) is 2. The molecule has 0 spiro atoms. The average Bonchev–Trinajstić information content (AvgIpc) is 2.18. The number of anilines is 1. The van der Waals surface area contributed by atoms with Crippen LogP contribution in [0.1, 0.15) is 6.92 Å². The molecule has 0 saturated heterocycles. The van der Waals surface area contributed by atoms with E-state index in [9.17, 15) is 0 Å². The molecule has 0 aromatic carbocycles. The van der Waals surface area contributed by atoms with Crippen LogP contribution < -0.4 is 10.5 Å². The summed E-state index contributed by atoms with van der Waals surface area (Å²) in [6.45, 7) is 3.46. The number of nitrogens with two attached hydrogens (primary N) is 1. The van der Waals surface area contributed by atoms with Crippen LogP contribution in [0.25, 0.3) is 0 Å². The van der Waals surface area contributed by atoms with Crippen molar-refractivity contribution in [2.45, 2.75) is 6.92 Å². The van der Waals surface area contributed by atoms with Gasteiger partial charge in [0.15, 0.2) is 0 Å². The number of nitrogen functional groups attached to an aromatic ring is 1. The molecule has 1 heterocycles. The zero-order valence-electron chi connectivity index (χ0n) is 7.86. The Labute approximate surface area is 87.2 Å². The van der Waals surface area contributed by atoms with Crippen molar-refractivity contribution in [3.63, 3.8) is 0 Å². The van der Waals surface area contributed by atoms with Gasteiger partial charge in [0.05, 0.1) is 12.8 Å². The molecule has 6 heteroatoms. The average molecular weight is 218 g/mol. The lowest BCUT2D eigenvalue weighted by Gasteiger charge is -2.06. The highest BCUT2D eigenvalue weighted by Crippen LogP contribution is 2.20. The molecule has 0 fully saturated rings. The Kier molecular flexibility index (Phi) is 4.42. The molecule has 1 rings (SSSR count). The Balaban J connectivity index is 2.45. The molecule has 0 radical (unpaired) electrons. The molecular weight excluding hydrogens is 206 g/mol. The quantitative estimate of drug-likeness (QED) is 0.749. The van der Waals surface area contributed by atoms with E-state index in [4.69, 9.17) is 26.8 Å². The van der Waals surface area contributed by atoms with Crippen molar-refractivity contribution in [3.8, 4) is 5.88 Å². The number of halogens is 1. The summed E-state index contributed by atoms with van der Waals surface area (Å²) in [5.41, 5.74) is 5.37. The first-order chi connectivity index (χ1) is 6.74. The lowest BCUT2D eigenvalue weighted by Crippen LogP contribution is -2.08. The van der Waals surface area contributed by atoms with Crippen molar-refractivity contribution < 1.29 is 9.47 Å². The number of nitrogens with zero attached hydrogens (tertiary/aromatic N) is 2. The Hall–Kier alpha value is -1.07. The summed E-state index contributed by atoms with van der Waals surface area (Å²) >= 11 is 5.76. The molecule has 2 N–H and O–H groups in total. The van der Waals surface area contributed by atoms with E-state index in [2.05, 4.69) is 9.97 Å². The van der Waals surface area contributed by atoms with Crippen LogP contribution in [-0.4, -0.2) is 29.8 Å². The van der Waals surface area contributed by atoms with Crippen LogP contribution in [0.2, 0.25) is 5.02 Å². The van der Waals surface area contributed by atoms with Gasteiger partial charge in [-0.3, -0.25) is 0 Å². The fraction of sp³-hybridized carbons (Fsp3) is 0.500. The Bertz CT molecular complexity index is 296. The summed E-state index contributed by atoms with van der Waals surface area (Å²) in [7, 11) is 0. The van der Waals surface area contributed by atoms with Gasteiger partial charge in [-0.25, -0.2) is 4.98 Å². The maximum atomic E-state index is 5.76. The molecule has 1 aromatic rings. The summed E-state index contributed by atoms with van der Waals surface area (Å²) < 4.78 is 10.3. The maximum Gasteiger partial charge on any atom is 0.237 e. The number of aromatic nitrogens is 2. The van der Waals surface area contributed by atoms with E-state index in [-0.39, 0.29) is 5.95 Å². The number of hydrogen-bond donors (Lipinski definition) is 1. The van der Waals surface area contributed by atoms with Crippen molar-refractivity contribution in [1.82, 2.24) is 9.97 Å². The fourth-order valence-corrected chi connectivity index (χ4v) is 0.953. The van der Waals surface area contributed by atoms with Crippen molar-refractivity contribution in [2.24, 2.45) is 0 Å². The Morgan fingerprint density at radius 3 is 3.00 bits per heavy atom. The van der Waals surface area contributed by atoms with E-state index >= 15 is 0 Å². The minimum absolute atomic E-state index is 0.140. The standard InChI is InChI=1S/C8H12ClN3O2/c1-2-13-3-4-14-7-6(9)5-11-8(10)12-7/h5H,2-4H2,1H3,(H2,10,11,12). The minimum atomic E-state index is 0.140. The molecule has 0 atom stereocenters. The van der Waals surface area contributed by atoms with E-state index in [1.165, 1.54) is 6.20 Å². The normalized spacial score (nSPS) is 10.1. The monoisotopic (exact) mass is 217 g/mol. The molecule has 14 heavy (non-hydrogen) atoms. The molecule has 0 aliphatic rings. The van der Waals surface area contributed by atoms with Crippen LogP contribution in [0.5, 0.6) is 5.88 Å². The van der Waals surface area contributed by atoms with Gasteiger partial charge in [-0.05, 0) is 6.92 Å². The molecule has 0 saturated carbocycles. The minimum Gasteiger partial charge on any atom is -0.474 e. The van der Waals surface area contributed by atoms with E-state index in [1.807, 2.05) is 6.92 Å². The summed E-state index contributed by atoms with van der Waals surface area (Å²) in [5.74, 6) is 0.430. The van der Waals surface area contributed by atoms with Gasteiger partial charge in [-0.1, -0.05) is 11.6 Å². The van der Waals surface area contributed by atoms with Crippen LogP contribution >= 0.6 is 11.6 Å². The highest BCUT2D eigenvalue weighted by Gasteiger charge is 2.04. The largest absolute Gasteiger partial charge is 0.474 e. The highest BCUT2D eigenvalue weighted by molar-refractivity contribution is 6.31. The predicted molar refractivity (Wildman–Crippen MR) is 53.4 cm³/mol. The molecule has 0 bridgehead atoms. The zero-order chi connectivity index (χ0) is 10.4. The Morgan fingerprint density at radius 1 is 1.50 bits per heavy atom. The van der Waals surface area contributed by atoms with Gasteiger partial charge < -0.3 is 15.2 Å². The molecule has 0 aliphatic carbocycles. The van der Waals surface area contributed by atoms with Gasteiger partial charge in [0, 0.05) is 6.61 Å². The van der Waals surface area contributed by atoms with Gasteiger partial charge in [0.2, 0.25) is 11.8 Å². The molecule has 0 amide bonds. The molecule has 1 aromatic heterocycles. The van der Waals surface area contributed by atoms with Crippen molar-refractivity contribution in [3.05, 3.63) is 11.2 Å². The fourth-order valence-electron chi connectivity index (χ4n) is 0.807. The van der Waals surface area contributed by atoms with Crippen LogP contribution in [0.3, 0.4) is 0 Å². The first-order valence-corrected chi connectivity index (χ1v) is 4.60. The van der Waals surface area contributed by atoms with Crippen LogP contribution in [0.15, 0.2) is 6.20 Å². The topological polar surface area (TPSA) is 70.3 Å². The molecule has 5 nitrogen and oxygen atoms in total. The summed E-state index contributed by atoms with van der Waals surface area (Å²) in [4.78, 5) is 7.53. The van der Waals surface area contributed by atoms with Crippen molar-refractivity contribution >= 4 is 17.5 Å². The molecule has 78 valence electrons. The number of rotatable bonds is 5. The van der Waals surface area contributed by atoms with E-state index in [0.29, 0.717) is 30.7 Å². The lowest BCUT2D eigenvalue weighted by molar-refractivity contribution is 0.108. The van der Waals surface area contributed by atoms with E-state index < -0.39 is 0 Å². The third-order valence-electron chi connectivity index (χ3n) is 1.40. The van der Waals surface area contributed by atoms with E-state index in [1.54, 1.807) is 0 Å². The van der Waals surface area contributed by atoms with Crippen LogP contribution in [-0.2, 0) is 4.74 Å². The Morgan fingerprint density at radius 2 is 2.29 bits per heavy atom. The van der Waals surface area contributed by atoms with Gasteiger partial charge in [0.25, 0.3) is 0 Å². The summed E-state index contributed by atoms with van der Waals surface area (Å²) in [6, 6.07) is 0. The van der Waals surface area contributed by atoms with Crippen molar-refractivity contribution in [1.29, 1.82) is 0 Å². The predicted octanol–water partition coefficient (Wildman–Crippen LogP) is 1.13. The third kappa shape index (κ3) is 3.35. The second-order valence-corrected chi connectivity index (χ2v) is 2.83. The van der Waals surface area contributed by atoms with Gasteiger partial charge in [-0.15, -0.1) is 0 Å². The number of hydrogen-bond acceptors (Lipinski definition) is 5. The van der Waals surface area contributed by atoms with Crippen molar-refractivity contribution in [2.75, 3.05) is 25.6 Å². The first-order valence-electron chi connectivity index (χ1n) is 4.22. The van der Waals surface area contributed by atoms with Gasteiger partial charge >= 0.3 is 0 Å². The highest BCUT2D eigenvalue weighted by atomic mass is 35.5. The molecule has 0 aliphatic heterocycles. The lowest BCUT2D eigenvalue weighted by atomic mass is 10.6. The van der Waals surface area contributed by atoms with Gasteiger partial charge in [0.1, 0.15) is 11.6 Å².